The number of benzene rings is 2. The molecule has 0 saturated carbocycles. The van der Waals surface area contributed by atoms with E-state index in [9.17, 15) is 4.79 Å². The smallest absolute Gasteiger partial charge is 0.220 e. The lowest BCUT2D eigenvalue weighted by atomic mass is 10.0. The van der Waals surface area contributed by atoms with Crippen LogP contribution in [0.4, 0.5) is 0 Å². The van der Waals surface area contributed by atoms with Crippen LogP contribution in [0.1, 0.15) is 18.9 Å². The normalized spacial score (nSPS) is 11.6. The molecule has 5 heteroatoms. The van der Waals surface area contributed by atoms with Crippen LogP contribution in [0.2, 0.25) is 0 Å². The summed E-state index contributed by atoms with van der Waals surface area (Å²) < 4.78 is 5.69. The third-order valence-corrected chi connectivity index (χ3v) is 3.01. The lowest BCUT2D eigenvalue weighted by molar-refractivity contribution is -0.118. The number of nitrogens with two attached hydrogens (primary N) is 1. The van der Waals surface area contributed by atoms with E-state index in [1.807, 2.05) is 36.4 Å². The van der Waals surface area contributed by atoms with Crippen LogP contribution in [0, 0.1) is 0 Å². The molecule has 0 radical (unpaired) electrons. The van der Waals surface area contributed by atoms with Gasteiger partial charge in [-0.1, -0.05) is 35.5 Å². The Kier molecular flexibility index (Phi) is 4.20. The van der Waals surface area contributed by atoms with E-state index in [1.54, 1.807) is 6.92 Å². The molecule has 0 spiro atoms. The highest BCUT2D eigenvalue weighted by molar-refractivity contribution is 6.06. The molecule has 0 unspecified atom stereocenters. The largest absolute Gasteiger partial charge is 0.492 e. The lowest BCUT2D eigenvalue weighted by Gasteiger charge is -2.13. The number of nitrogens with zero attached hydrogens (tertiary/aromatic N) is 1. The van der Waals surface area contributed by atoms with Crippen molar-refractivity contribution in [1.82, 2.24) is 0 Å². The SMILES string of the molecule is C/C(=N\O)c1ccc2ccccc2c1OCCC(N)=O. The van der Waals surface area contributed by atoms with Gasteiger partial charge in [0.25, 0.3) is 0 Å². The molecule has 0 fully saturated rings. The molecular formula is C15H16N2O3. The molecule has 2 aromatic carbocycles. The van der Waals surface area contributed by atoms with Crippen molar-refractivity contribution in [1.29, 1.82) is 0 Å². The quantitative estimate of drug-likeness (QED) is 0.497. The molecular weight excluding hydrogens is 256 g/mol. The van der Waals surface area contributed by atoms with E-state index in [4.69, 9.17) is 15.7 Å². The Morgan fingerprint density at radius 3 is 2.75 bits per heavy atom. The molecule has 0 aliphatic heterocycles. The number of carbonyl (C=O) groups is 1. The lowest BCUT2D eigenvalue weighted by Crippen LogP contribution is -2.15. The molecule has 104 valence electrons. The van der Waals surface area contributed by atoms with Crippen molar-refractivity contribution in [2.45, 2.75) is 13.3 Å². The summed E-state index contributed by atoms with van der Waals surface area (Å²) in [5.41, 5.74) is 6.25. The van der Waals surface area contributed by atoms with E-state index in [1.165, 1.54) is 0 Å². The Balaban J connectivity index is 2.47. The Morgan fingerprint density at radius 1 is 1.30 bits per heavy atom. The molecule has 0 aliphatic carbocycles. The van der Waals surface area contributed by atoms with Gasteiger partial charge in [-0.05, 0) is 18.4 Å². The van der Waals surface area contributed by atoms with Crippen LogP contribution < -0.4 is 10.5 Å². The van der Waals surface area contributed by atoms with Crippen molar-refractivity contribution in [3.8, 4) is 5.75 Å². The van der Waals surface area contributed by atoms with Gasteiger partial charge in [-0.15, -0.1) is 0 Å². The minimum atomic E-state index is -0.417. The fourth-order valence-corrected chi connectivity index (χ4v) is 1.99. The maximum absolute atomic E-state index is 10.8. The van der Waals surface area contributed by atoms with Gasteiger partial charge in [-0.25, -0.2) is 0 Å². The van der Waals surface area contributed by atoms with Crippen LogP contribution in [0.3, 0.4) is 0 Å². The van der Waals surface area contributed by atoms with Crippen molar-refractivity contribution >= 4 is 22.4 Å². The molecule has 2 rings (SSSR count). The summed E-state index contributed by atoms with van der Waals surface area (Å²) >= 11 is 0. The van der Waals surface area contributed by atoms with Gasteiger partial charge in [0.2, 0.25) is 5.91 Å². The van der Waals surface area contributed by atoms with Crippen LogP contribution in [0.5, 0.6) is 5.75 Å². The first-order valence-electron chi connectivity index (χ1n) is 6.25. The van der Waals surface area contributed by atoms with Crippen molar-refractivity contribution in [3.63, 3.8) is 0 Å². The van der Waals surface area contributed by atoms with Gasteiger partial charge in [0.1, 0.15) is 5.75 Å². The summed E-state index contributed by atoms with van der Waals surface area (Å²) in [6, 6.07) is 11.5. The number of ether oxygens (including phenoxy) is 1. The predicted molar refractivity (Wildman–Crippen MR) is 77.3 cm³/mol. The fraction of sp³-hybridized carbons (Fsp3) is 0.200. The van der Waals surface area contributed by atoms with Crippen molar-refractivity contribution in [2.24, 2.45) is 10.9 Å². The molecule has 0 saturated heterocycles. The second kappa shape index (κ2) is 6.06. The van der Waals surface area contributed by atoms with Gasteiger partial charge in [0, 0.05) is 10.9 Å². The van der Waals surface area contributed by atoms with Gasteiger partial charge in [0.15, 0.2) is 0 Å². The van der Waals surface area contributed by atoms with E-state index in [0.29, 0.717) is 17.0 Å². The number of amides is 1. The standard InChI is InChI=1S/C15H16N2O3/c1-10(17-19)12-7-6-11-4-2-3-5-13(11)15(12)20-9-8-14(16)18/h2-7,19H,8-9H2,1H3,(H2,16,18)/b17-10+. The van der Waals surface area contributed by atoms with Crippen molar-refractivity contribution < 1.29 is 14.7 Å². The van der Waals surface area contributed by atoms with Crippen LogP contribution in [0.25, 0.3) is 10.8 Å². The Morgan fingerprint density at radius 2 is 2.05 bits per heavy atom. The summed E-state index contributed by atoms with van der Waals surface area (Å²) in [7, 11) is 0. The van der Waals surface area contributed by atoms with Gasteiger partial charge >= 0.3 is 0 Å². The molecule has 2 aromatic rings. The maximum Gasteiger partial charge on any atom is 0.220 e. The maximum atomic E-state index is 10.8. The number of oxime groups is 1. The van der Waals surface area contributed by atoms with Crippen LogP contribution in [-0.2, 0) is 4.79 Å². The summed E-state index contributed by atoms with van der Waals surface area (Å²) in [5.74, 6) is 0.180. The molecule has 1 amide bonds. The molecule has 3 N–H and O–H groups in total. The van der Waals surface area contributed by atoms with E-state index in [0.717, 1.165) is 10.8 Å². The molecule has 0 aromatic heterocycles. The van der Waals surface area contributed by atoms with E-state index >= 15 is 0 Å². The van der Waals surface area contributed by atoms with Gasteiger partial charge < -0.3 is 15.7 Å². The summed E-state index contributed by atoms with van der Waals surface area (Å²) in [5, 5.41) is 14.1. The second-order valence-corrected chi connectivity index (χ2v) is 4.41. The molecule has 20 heavy (non-hydrogen) atoms. The highest BCUT2D eigenvalue weighted by Crippen LogP contribution is 2.30. The minimum Gasteiger partial charge on any atom is -0.492 e. The third kappa shape index (κ3) is 2.88. The number of hydrogen-bond donors (Lipinski definition) is 2. The summed E-state index contributed by atoms with van der Waals surface area (Å²) in [6.45, 7) is 1.88. The monoisotopic (exact) mass is 272 g/mol. The number of carbonyl (C=O) groups excluding carboxylic acids is 1. The highest BCUT2D eigenvalue weighted by atomic mass is 16.5. The first kappa shape index (κ1) is 13.9. The number of rotatable bonds is 5. The van der Waals surface area contributed by atoms with Crippen molar-refractivity contribution in [3.05, 3.63) is 42.0 Å². The number of hydrogen-bond acceptors (Lipinski definition) is 4. The third-order valence-electron chi connectivity index (χ3n) is 3.01. The zero-order valence-corrected chi connectivity index (χ0v) is 11.2. The fourth-order valence-electron chi connectivity index (χ4n) is 1.99. The van der Waals surface area contributed by atoms with E-state index in [2.05, 4.69) is 5.16 Å². The van der Waals surface area contributed by atoms with Crippen LogP contribution in [0.15, 0.2) is 41.6 Å². The second-order valence-electron chi connectivity index (χ2n) is 4.41. The average molecular weight is 272 g/mol. The zero-order valence-electron chi connectivity index (χ0n) is 11.2. The summed E-state index contributed by atoms with van der Waals surface area (Å²) in [6.07, 6.45) is 0.137. The average Bonchev–Trinajstić information content (AvgIpc) is 2.46. The molecule has 0 bridgehead atoms. The van der Waals surface area contributed by atoms with E-state index < -0.39 is 5.91 Å². The van der Waals surface area contributed by atoms with Crippen LogP contribution in [-0.4, -0.2) is 23.4 Å². The van der Waals surface area contributed by atoms with E-state index in [-0.39, 0.29) is 13.0 Å². The van der Waals surface area contributed by atoms with Gasteiger partial charge in [-0.2, -0.15) is 0 Å². The first-order chi connectivity index (χ1) is 9.63. The zero-order chi connectivity index (χ0) is 14.5. The summed E-state index contributed by atoms with van der Waals surface area (Å²) in [4.78, 5) is 10.8. The molecule has 0 atom stereocenters. The first-order valence-corrected chi connectivity index (χ1v) is 6.25. The van der Waals surface area contributed by atoms with Crippen LogP contribution >= 0.6 is 0 Å². The van der Waals surface area contributed by atoms with Crippen molar-refractivity contribution in [2.75, 3.05) is 6.61 Å². The van der Waals surface area contributed by atoms with Gasteiger partial charge in [-0.3, -0.25) is 4.79 Å². The molecule has 0 aliphatic rings. The van der Waals surface area contributed by atoms with Gasteiger partial charge in [0.05, 0.1) is 18.7 Å². The molecule has 5 nitrogen and oxygen atoms in total. The Bertz CT molecular complexity index is 665. The topological polar surface area (TPSA) is 84.9 Å². The molecule has 0 heterocycles. The Hall–Kier alpha value is -2.56. The highest BCUT2D eigenvalue weighted by Gasteiger charge is 2.12. The Labute approximate surface area is 116 Å². The minimum absolute atomic E-state index is 0.137. The predicted octanol–water partition coefficient (Wildman–Crippen LogP) is 2.29. The number of primary amides is 1. The number of fused-ring (bicyclic) bond motifs is 1.